The Labute approximate surface area is 475 Å². The first kappa shape index (κ1) is 46.6. The van der Waals surface area contributed by atoms with E-state index in [2.05, 4.69) is 293 Å². The third kappa shape index (κ3) is 7.00. The normalized spacial score (nSPS) is 12.9. The average molecular weight is 1040 g/mol. The lowest BCUT2D eigenvalue weighted by molar-refractivity contribution is 0.660. The molecule has 0 N–H and O–H groups in total. The van der Waals surface area contributed by atoms with Gasteiger partial charge in [-0.3, -0.25) is 0 Å². The van der Waals surface area contributed by atoms with Gasteiger partial charge in [0.05, 0.1) is 0 Å². The summed E-state index contributed by atoms with van der Waals surface area (Å²) in [7, 11) is 0. The number of hydrogen-bond donors (Lipinski definition) is 0. The van der Waals surface area contributed by atoms with Gasteiger partial charge in [0.15, 0.2) is 0 Å². The zero-order valence-electron chi connectivity index (χ0n) is 45.5. The molecule has 0 spiro atoms. The molecule has 1 nitrogen and oxygen atoms in total. The van der Waals surface area contributed by atoms with Crippen molar-refractivity contribution in [3.05, 3.63) is 290 Å². The van der Waals surface area contributed by atoms with Crippen LogP contribution in [0.15, 0.2) is 283 Å². The van der Waals surface area contributed by atoms with Crippen LogP contribution in [0.1, 0.15) is 25.0 Å². The van der Waals surface area contributed by atoms with E-state index in [4.69, 9.17) is 4.42 Å². The summed E-state index contributed by atoms with van der Waals surface area (Å²) >= 11 is 0. The number of rotatable bonds is 6. The van der Waals surface area contributed by atoms with E-state index >= 15 is 0 Å². The van der Waals surface area contributed by atoms with Crippen LogP contribution in [0, 0.1) is 0 Å². The molecular formula is C81H52O. The Bertz CT molecular complexity index is 5260. The predicted octanol–water partition coefficient (Wildman–Crippen LogP) is 22.8. The predicted molar refractivity (Wildman–Crippen MR) is 349 cm³/mol. The Morgan fingerprint density at radius 1 is 0.232 bits per heavy atom. The van der Waals surface area contributed by atoms with E-state index in [0.29, 0.717) is 0 Å². The topological polar surface area (TPSA) is 13.1 Å². The van der Waals surface area contributed by atoms with E-state index in [9.17, 15) is 0 Å². The van der Waals surface area contributed by atoms with Crippen LogP contribution in [0.2, 0.25) is 0 Å². The maximum atomic E-state index is 6.94. The third-order valence-electron chi connectivity index (χ3n) is 18.2. The summed E-state index contributed by atoms with van der Waals surface area (Å²) in [6, 6.07) is 104. The van der Waals surface area contributed by atoms with Gasteiger partial charge in [-0.15, -0.1) is 0 Å². The molecule has 0 amide bonds. The van der Waals surface area contributed by atoms with Crippen molar-refractivity contribution in [3.8, 4) is 77.9 Å². The minimum atomic E-state index is -0.0668. The van der Waals surface area contributed by atoms with Gasteiger partial charge in [-0.1, -0.05) is 250 Å². The first-order chi connectivity index (χ1) is 40.4. The van der Waals surface area contributed by atoms with E-state index in [0.717, 1.165) is 33.1 Å². The Morgan fingerprint density at radius 3 is 1.26 bits per heavy atom. The molecule has 17 rings (SSSR count). The Balaban J connectivity index is 0.764. The molecule has 16 aromatic rings. The van der Waals surface area contributed by atoms with Gasteiger partial charge >= 0.3 is 0 Å². The van der Waals surface area contributed by atoms with Gasteiger partial charge in [0.2, 0.25) is 0 Å². The molecule has 0 radical (unpaired) electrons. The van der Waals surface area contributed by atoms with Gasteiger partial charge in [0, 0.05) is 21.8 Å². The molecule has 0 aliphatic heterocycles. The average Bonchev–Trinajstić information content (AvgIpc) is 4.15. The van der Waals surface area contributed by atoms with Gasteiger partial charge in [-0.05, 0) is 191 Å². The number of benzene rings is 15. The summed E-state index contributed by atoms with van der Waals surface area (Å²) in [5.74, 6) is 0. The molecule has 0 saturated carbocycles. The van der Waals surface area contributed by atoms with Crippen molar-refractivity contribution < 1.29 is 4.42 Å². The Kier molecular flexibility index (Phi) is 10.1. The minimum Gasteiger partial charge on any atom is -0.455 e. The third-order valence-corrected chi connectivity index (χ3v) is 18.2. The standard InChI is InChI=1S/C81H52O/c1-81(2)73-32-14-13-21-61(73)62-41-39-53(48-74(62)81)52-19-15-20-55(44-52)76-63-22-5-7-24-65(63)78(66-25-8-6-23-64(66)76)57-38-35-50-33-36-54(45-59(50)46-57)60-30-16-31-71-72-47-58(40-42-75(72)82-80(60)71)79-69-28-11-9-26-67(69)77(68-27-10-12-29-70(68)79)56-37-34-49-17-3-4-18-51(49)43-56/h3-48H,1-2H3. The van der Waals surface area contributed by atoms with Crippen LogP contribution in [0.4, 0.5) is 0 Å². The fourth-order valence-corrected chi connectivity index (χ4v) is 14.3. The lowest BCUT2D eigenvalue weighted by Crippen LogP contribution is -2.14. The lowest BCUT2D eigenvalue weighted by Gasteiger charge is -2.22. The van der Waals surface area contributed by atoms with Crippen LogP contribution in [0.3, 0.4) is 0 Å². The second-order valence-electron chi connectivity index (χ2n) is 23.0. The molecule has 0 bridgehead atoms. The largest absolute Gasteiger partial charge is 0.455 e. The number of para-hydroxylation sites is 1. The van der Waals surface area contributed by atoms with Crippen LogP contribution >= 0.6 is 0 Å². The Hall–Kier alpha value is -10.3. The molecule has 1 heteroatoms. The van der Waals surface area contributed by atoms with E-state index in [1.54, 1.807) is 0 Å². The van der Waals surface area contributed by atoms with Crippen molar-refractivity contribution in [2.75, 3.05) is 0 Å². The van der Waals surface area contributed by atoms with Crippen LogP contribution in [0.25, 0.3) is 164 Å². The number of fused-ring (bicyclic) bond motifs is 12. The minimum absolute atomic E-state index is 0.0668. The molecule has 382 valence electrons. The Morgan fingerprint density at radius 2 is 0.634 bits per heavy atom. The molecule has 0 fully saturated rings. The van der Waals surface area contributed by atoms with E-state index < -0.39 is 0 Å². The maximum absolute atomic E-state index is 6.94. The fraction of sp³-hybridized carbons (Fsp3) is 0.0370. The van der Waals surface area contributed by atoms with E-state index in [1.165, 1.54) is 143 Å². The SMILES string of the molecule is CC1(C)c2ccccc2-c2ccc(-c3cccc(-c4c5ccccc5c(-c5ccc6ccc(-c7cccc8c7oc7ccc(-c9c%10ccccc%10c(-c%10ccc%11ccccc%11c%10)c%10ccccc9%10)cc78)cc6c5)c5ccccc45)c3)cc21. The maximum Gasteiger partial charge on any atom is 0.143 e. The molecule has 82 heavy (non-hydrogen) atoms. The number of hydrogen-bond acceptors (Lipinski definition) is 1. The van der Waals surface area contributed by atoms with Crippen LogP contribution < -0.4 is 0 Å². The summed E-state index contributed by atoms with van der Waals surface area (Å²) < 4.78 is 6.94. The van der Waals surface area contributed by atoms with Crippen LogP contribution in [-0.2, 0) is 5.41 Å². The van der Waals surface area contributed by atoms with Gasteiger partial charge in [0.25, 0.3) is 0 Å². The smallest absolute Gasteiger partial charge is 0.143 e. The summed E-state index contributed by atoms with van der Waals surface area (Å²) in [5, 5.41) is 17.0. The zero-order valence-corrected chi connectivity index (χ0v) is 45.5. The summed E-state index contributed by atoms with van der Waals surface area (Å²) in [6.45, 7) is 4.72. The van der Waals surface area contributed by atoms with Crippen molar-refractivity contribution in [1.29, 1.82) is 0 Å². The van der Waals surface area contributed by atoms with Gasteiger partial charge < -0.3 is 4.42 Å². The van der Waals surface area contributed by atoms with Crippen LogP contribution in [0.5, 0.6) is 0 Å². The molecule has 1 aliphatic rings. The fourth-order valence-electron chi connectivity index (χ4n) is 14.3. The van der Waals surface area contributed by atoms with Crippen molar-refractivity contribution in [3.63, 3.8) is 0 Å². The van der Waals surface area contributed by atoms with Crippen molar-refractivity contribution in [2.45, 2.75) is 19.3 Å². The van der Waals surface area contributed by atoms with Crippen molar-refractivity contribution in [1.82, 2.24) is 0 Å². The molecular weight excluding hydrogens is 989 g/mol. The second-order valence-corrected chi connectivity index (χ2v) is 23.0. The molecule has 15 aromatic carbocycles. The number of furan rings is 1. The molecule has 1 heterocycles. The molecule has 0 unspecified atom stereocenters. The van der Waals surface area contributed by atoms with E-state index in [-0.39, 0.29) is 5.41 Å². The zero-order chi connectivity index (χ0) is 54.2. The van der Waals surface area contributed by atoms with Gasteiger partial charge in [-0.25, -0.2) is 0 Å². The van der Waals surface area contributed by atoms with Crippen molar-refractivity contribution >= 4 is 86.6 Å². The van der Waals surface area contributed by atoms with Crippen molar-refractivity contribution in [2.24, 2.45) is 0 Å². The highest BCUT2D eigenvalue weighted by Crippen LogP contribution is 2.51. The molecule has 0 saturated heterocycles. The molecule has 0 atom stereocenters. The highest BCUT2D eigenvalue weighted by molar-refractivity contribution is 6.24. The first-order valence-electron chi connectivity index (χ1n) is 28.6. The quantitative estimate of drug-likeness (QED) is 0.151. The highest BCUT2D eigenvalue weighted by atomic mass is 16.3. The van der Waals surface area contributed by atoms with Gasteiger partial charge in [-0.2, -0.15) is 0 Å². The van der Waals surface area contributed by atoms with Gasteiger partial charge in [0.1, 0.15) is 11.2 Å². The lowest BCUT2D eigenvalue weighted by atomic mass is 9.81. The van der Waals surface area contributed by atoms with Crippen LogP contribution in [-0.4, -0.2) is 0 Å². The van der Waals surface area contributed by atoms with E-state index in [1.807, 2.05) is 0 Å². The second kappa shape index (κ2) is 17.8. The monoisotopic (exact) mass is 1040 g/mol. The summed E-state index contributed by atoms with van der Waals surface area (Å²) in [6.07, 6.45) is 0. The summed E-state index contributed by atoms with van der Waals surface area (Å²) in [4.78, 5) is 0. The first-order valence-corrected chi connectivity index (χ1v) is 28.6. The highest BCUT2D eigenvalue weighted by Gasteiger charge is 2.35. The summed E-state index contributed by atoms with van der Waals surface area (Å²) in [5.41, 5.74) is 21.7. The molecule has 1 aromatic heterocycles. The molecule has 1 aliphatic carbocycles.